The van der Waals surface area contributed by atoms with Gasteiger partial charge in [-0.1, -0.05) is 38.3 Å². The van der Waals surface area contributed by atoms with E-state index >= 15 is 0 Å². The zero-order valence-corrected chi connectivity index (χ0v) is 12.5. The lowest BCUT2D eigenvalue weighted by Gasteiger charge is -2.15. The van der Waals surface area contributed by atoms with E-state index in [0.29, 0.717) is 6.54 Å². The van der Waals surface area contributed by atoms with Crippen molar-refractivity contribution in [2.75, 3.05) is 32.1 Å². The molecule has 0 heterocycles. The number of aliphatic hydroxyl groups excluding tert-OH is 1. The standard InChI is InChI=1S/C16H28N2O/c1-4-5-6-7-12-17-13-16(19)14-8-10-15(11-9-14)18(2)3/h8-11,16-17,19H,4-7,12-13H2,1-3H3. The van der Waals surface area contributed by atoms with Crippen LogP contribution in [0.5, 0.6) is 0 Å². The SMILES string of the molecule is CCCCCCNCC(O)c1ccc(N(C)C)cc1. The molecule has 0 fully saturated rings. The highest BCUT2D eigenvalue weighted by Crippen LogP contribution is 2.17. The summed E-state index contributed by atoms with van der Waals surface area (Å²) in [6.07, 6.45) is 4.62. The third-order valence-electron chi connectivity index (χ3n) is 3.34. The molecule has 108 valence electrons. The van der Waals surface area contributed by atoms with Crippen LogP contribution in [0.2, 0.25) is 0 Å². The van der Waals surface area contributed by atoms with Crippen molar-refractivity contribution < 1.29 is 5.11 Å². The van der Waals surface area contributed by atoms with E-state index in [4.69, 9.17) is 0 Å². The summed E-state index contributed by atoms with van der Waals surface area (Å²) in [6, 6.07) is 8.08. The Morgan fingerprint density at radius 2 is 1.79 bits per heavy atom. The molecule has 0 saturated carbocycles. The Bertz CT molecular complexity index is 335. The van der Waals surface area contributed by atoms with E-state index < -0.39 is 6.10 Å². The predicted octanol–water partition coefficient (Wildman–Crippen LogP) is 2.96. The Balaban J connectivity index is 2.27. The van der Waals surface area contributed by atoms with Gasteiger partial charge >= 0.3 is 0 Å². The van der Waals surface area contributed by atoms with Gasteiger partial charge in [-0.25, -0.2) is 0 Å². The van der Waals surface area contributed by atoms with Gasteiger partial charge in [0, 0.05) is 26.3 Å². The number of aliphatic hydroxyl groups is 1. The van der Waals surface area contributed by atoms with Gasteiger partial charge < -0.3 is 15.3 Å². The van der Waals surface area contributed by atoms with Gasteiger partial charge in [0.1, 0.15) is 0 Å². The zero-order valence-electron chi connectivity index (χ0n) is 12.5. The highest BCUT2D eigenvalue weighted by Gasteiger charge is 2.06. The largest absolute Gasteiger partial charge is 0.387 e. The van der Waals surface area contributed by atoms with Crippen molar-refractivity contribution in [2.24, 2.45) is 0 Å². The van der Waals surface area contributed by atoms with Gasteiger partial charge in [0.25, 0.3) is 0 Å². The highest BCUT2D eigenvalue weighted by atomic mass is 16.3. The lowest BCUT2D eigenvalue weighted by molar-refractivity contribution is 0.174. The Hall–Kier alpha value is -1.06. The van der Waals surface area contributed by atoms with Crippen molar-refractivity contribution >= 4 is 5.69 Å². The maximum absolute atomic E-state index is 10.1. The van der Waals surface area contributed by atoms with Crippen molar-refractivity contribution in [1.82, 2.24) is 5.32 Å². The summed E-state index contributed by atoms with van der Waals surface area (Å²) in [5, 5.41) is 13.4. The summed E-state index contributed by atoms with van der Waals surface area (Å²) in [7, 11) is 4.03. The van der Waals surface area contributed by atoms with Gasteiger partial charge in [0.05, 0.1) is 6.10 Å². The first-order valence-corrected chi connectivity index (χ1v) is 7.31. The molecular weight excluding hydrogens is 236 g/mol. The Morgan fingerprint density at radius 1 is 1.11 bits per heavy atom. The van der Waals surface area contributed by atoms with Crippen LogP contribution in [0.25, 0.3) is 0 Å². The van der Waals surface area contributed by atoms with Gasteiger partial charge in [-0.05, 0) is 30.7 Å². The number of rotatable bonds is 9. The summed E-state index contributed by atoms with van der Waals surface area (Å²) >= 11 is 0. The smallest absolute Gasteiger partial charge is 0.0914 e. The van der Waals surface area contributed by atoms with Crippen LogP contribution in [0.4, 0.5) is 5.69 Å². The quantitative estimate of drug-likeness (QED) is 0.673. The molecule has 3 heteroatoms. The fourth-order valence-corrected chi connectivity index (χ4v) is 2.03. The van der Waals surface area contributed by atoms with Gasteiger partial charge in [0.2, 0.25) is 0 Å². The number of hydrogen-bond acceptors (Lipinski definition) is 3. The fraction of sp³-hybridized carbons (Fsp3) is 0.625. The summed E-state index contributed by atoms with van der Waals surface area (Å²) in [5.41, 5.74) is 2.13. The van der Waals surface area contributed by atoms with Gasteiger partial charge in [-0.3, -0.25) is 0 Å². The van der Waals surface area contributed by atoms with Crippen molar-refractivity contribution in [3.05, 3.63) is 29.8 Å². The molecule has 0 radical (unpaired) electrons. The molecule has 1 unspecified atom stereocenters. The molecule has 2 N–H and O–H groups in total. The van der Waals surface area contributed by atoms with Crippen LogP contribution in [-0.4, -0.2) is 32.3 Å². The molecule has 1 aromatic rings. The topological polar surface area (TPSA) is 35.5 Å². The number of unbranched alkanes of at least 4 members (excludes halogenated alkanes) is 3. The van der Waals surface area contributed by atoms with E-state index in [0.717, 1.165) is 17.8 Å². The van der Waals surface area contributed by atoms with Crippen molar-refractivity contribution in [3.63, 3.8) is 0 Å². The summed E-state index contributed by atoms with van der Waals surface area (Å²) in [5.74, 6) is 0. The minimum absolute atomic E-state index is 0.414. The normalized spacial score (nSPS) is 12.4. The first kappa shape index (κ1) is 16.0. The molecule has 0 spiro atoms. The monoisotopic (exact) mass is 264 g/mol. The molecule has 1 aromatic carbocycles. The lowest BCUT2D eigenvalue weighted by atomic mass is 10.1. The molecule has 1 atom stereocenters. The molecule has 0 aliphatic heterocycles. The second kappa shape index (κ2) is 8.94. The number of nitrogens with zero attached hydrogens (tertiary/aromatic N) is 1. The Labute approximate surface area is 117 Å². The zero-order chi connectivity index (χ0) is 14.1. The number of nitrogens with one attached hydrogen (secondary N) is 1. The van der Waals surface area contributed by atoms with Crippen LogP contribution in [0.3, 0.4) is 0 Å². The Morgan fingerprint density at radius 3 is 2.37 bits per heavy atom. The first-order valence-electron chi connectivity index (χ1n) is 7.31. The minimum Gasteiger partial charge on any atom is -0.387 e. The van der Waals surface area contributed by atoms with Crippen molar-refractivity contribution in [1.29, 1.82) is 0 Å². The summed E-state index contributed by atoms with van der Waals surface area (Å²) in [4.78, 5) is 2.06. The molecular formula is C16H28N2O. The van der Waals surface area contributed by atoms with E-state index in [2.05, 4.69) is 17.1 Å². The van der Waals surface area contributed by atoms with E-state index in [1.807, 2.05) is 38.4 Å². The number of hydrogen-bond donors (Lipinski definition) is 2. The molecule has 0 aromatic heterocycles. The van der Waals surface area contributed by atoms with E-state index in [9.17, 15) is 5.11 Å². The van der Waals surface area contributed by atoms with E-state index in [1.54, 1.807) is 0 Å². The lowest BCUT2D eigenvalue weighted by Crippen LogP contribution is -2.22. The average molecular weight is 264 g/mol. The van der Waals surface area contributed by atoms with Crippen molar-refractivity contribution in [3.8, 4) is 0 Å². The van der Waals surface area contributed by atoms with E-state index in [-0.39, 0.29) is 0 Å². The molecule has 0 aliphatic carbocycles. The fourth-order valence-electron chi connectivity index (χ4n) is 2.03. The van der Waals surface area contributed by atoms with Crippen LogP contribution < -0.4 is 10.2 Å². The van der Waals surface area contributed by atoms with Crippen LogP contribution in [0, 0.1) is 0 Å². The van der Waals surface area contributed by atoms with Gasteiger partial charge in [-0.15, -0.1) is 0 Å². The maximum Gasteiger partial charge on any atom is 0.0914 e. The summed E-state index contributed by atoms with van der Waals surface area (Å²) < 4.78 is 0. The minimum atomic E-state index is -0.414. The molecule has 0 bridgehead atoms. The van der Waals surface area contributed by atoms with Crippen LogP contribution in [0.1, 0.15) is 44.3 Å². The van der Waals surface area contributed by atoms with Gasteiger partial charge in [0.15, 0.2) is 0 Å². The molecule has 3 nitrogen and oxygen atoms in total. The van der Waals surface area contributed by atoms with Gasteiger partial charge in [-0.2, -0.15) is 0 Å². The van der Waals surface area contributed by atoms with Crippen LogP contribution >= 0.6 is 0 Å². The maximum atomic E-state index is 10.1. The highest BCUT2D eigenvalue weighted by molar-refractivity contribution is 5.46. The summed E-state index contributed by atoms with van der Waals surface area (Å²) in [6.45, 7) is 3.84. The number of benzene rings is 1. The second-order valence-corrected chi connectivity index (χ2v) is 5.27. The number of anilines is 1. The van der Waals surface area contributed by atoms with Crippen molar-refractivity contribution in [2.45, 2.75) is 38.7 Å². The molecule has 1 rings (SSSR count). The molecule has 0 saturated heterocycles. The first-order chi connectivity index (χ1) is 9.15. The molecule has 0 aliphatic rings. The third-order valence-corrected chi connectivity index (χ3v) is 3.34. The van der Waals surface area contributed by atoms with Crippen LogP contribution in [-0.2, 0) is 0 Å². The Kier molecular flexibility index (Phi) is 7.53. The second-order valence-electron chi connectivity index (χ2n) is 5.27. The van der Waals surface area contributed by atoms with Crippen LogP contribution in [0.15, 0.2) is 24.3 Å². The molecule has 19 heavy (non-hydrogen) atoms. The average Bonchev–Trinajstić information content (AvgIpc) is 2.42. The third kappa shape index (κ3) is 6.08. The predicted molar refractivity (Wildman–Crippen MR) is 82.7 cm³/mol. The molecule has 0 amide bonds. The van der Waals surface area contributed by atoms with E-state index in [1.165, 1.54) is 25.7 Å².